The zero-order chi connectivity index (χ0) is 8.10. The van der Waals surface area contributed by atoms with Crippen molar-refractivity contribution >= 4 is 0 Å². The van der Waals surface area contributed by atoms with Crippen LogP contribution in [0, 0.1) is 0 Å². The number of rotatable bonds is 2. The molecule has 0 bridgehead atoms. The van der Waals surface area contributed by atoms with E-state index < -0.39 is 0 Å². The lowest BCUT2D eigenvalue weighted by molar-refractivity contribution is 0.215. The Morgan fingerprint density at radius 3 is 2.91 bits per heavy atom. The Balaban J connectivity index is 2.41. The van der Waals surface area contributed by atoms with Gasteiger partial charge in [-0.15, -0.1) is 0 Å². The molecule has 2 heteroatoms. The molecule has 0 aromatic rings. The highest BCUT2D eigenvalue weighted by Crippen LogP contribution is 2.06. The van der Waals surface area contributed by atoms with Gasteiger partial charge in [-0.2, -0.15) is 0 Å². The fourth-order valence-corrected chi connectivity index (χ4v) is 1.81. The van der Waals surface area contributed by atoms with Crippen LogP contribution >= 0.6 is 0 Å². The van der Waals surface area contributed by atoms with Gasteiger partial charge in [0.05, 0.1) is 0 Å². The molecule has 0 aliphatic carbocycles. The van der Waals surface area contributed by atoms with Gasteiger partial charge < -0.3 is 5.32 Å². The Labute approximate surface area is 70.0 Å². The second-order valence-corrected chi connectivity index (χ2v) is 3.25. The standard InChI is InChI=1S/C9H20N2/c1-3-9-8-10-6-5-7-11(9)4-2/h9-10H,3-8H2,1-2H3. The molecule has 0 radical (unpaired) electrons. The summed E-state index contributed by atoms with van der Waals surface area (Å²) in [6, 6.07) is 0.780. The van der Waals surface area contributed by atoms with Crippen molar-refractivity contribution in [3.05, 3.63) is 0 Å². The van der Waals surface area contributed by atoms with Gasteiger partial charge in [-0.25, -0.2) is 0 Å². The largest absolute Gasteiger partial charge is 0.315 e. The zero-order valence-corrected chi connectivity index (χ0v) is 7.77. The first kappa shape index (κ1) is 9.01. The van der Waals surface area contributed by atoms with Crippen LogP contribution in [-0.4, -0.2) is 37.1 Å². The Hall–Kier alpha value is -0.0800. The SMILES string of the molecule is CCC1CNCCCN1CC. The van der Waals surface area contributed by atoms with Gasteiger partial charge in [0.25, 0.3) is 0 Å². The number of nitrogens with one attached hydrogen (secondary N) is 1. The molecule has 1 atom stereocenters. The smallest absolute Gasteiger partial charge is 0.0217 e. The molecule has 1 aliphatic heterocycles. The van der Waals surface area contributed by atoms with Crippen LogP contribution in [0.5, 0.6) is 0 Å². The highest BCUT2D eigenvalue weighted by molar-refractivity contribution is 4.75. The van der Waals surface area contributed by atoms with E-state index in [9.17, 15) is 0 Å². The van der Waals surface area contributed by atoms with E-state index in [1.54, 1.807) is 0 Å². The maximum atomic E-state index is 3.47. The van der Waals surface area contributed by atoms with Crippen LogP contribution in [0.25, 0.3) is 0 Å². The van der Waals surface area contributed by atoms with Gasteiger partial charge >= 0.3 is 0 Å². The minimum absolute atomic E-state index is 0.780. The first-order chi connectivity index (χ1) is 5.38. The number of hydrogen-bond acceptors (Lipinski definition) is 2. The van der Waals surface area contributed by atoms with E-state index in [0.717, 1.165) is 6.04 Å². The molecule has 0 aromatic carbocycles. The summed E-state index contributed by atoms with van der Waals surface area (Å²) in [7, 11) is 0. The first-order valence-corrected chi connectivity index (χ1v) is 4.83. The van der Waals surface area contributed by atoms with Gasteiger partial charge in [0.1, 0.15) is 0 Å². The lowest BCUT2D eigenvalue weighted by Gasteiger charge is -2.26. The Morgan fingerprint density at radius 1 is 1.45 bits per heavy atom. The fraction of sp³-hybridized carbons (Fsp3) is 1.00. The van der Waals surface area contributed by atoms with Crippen LogP contribution in [0.2, 0.25) is 0 Å². The summed E-state index contributed by atoms with van der Waals surface area (Å²) in [5.41, 5.74) is 0. The summed E-state index contributed by atoms with van der Waals surface area (Å²) in [6.45, 7) is 9.41. The number of nitrogens with zero attached hydrogens (tertiary/aromatic N) is 1. The Bertz CT molecular complexity index is 91.7. The normalized spacial score (nSPS) is 28.4. The fourth-order valence-electron chi connectivity index (χ4n) is 1.81. The third kappa shape index (κ3) is 2.46. The van der Waals surface area contributed by atoms with E-state index in [4.69, 9.17) is 0 Å². The molecule has 1 rings (SSSR count). The molecule has 1 heterocycles. The molecular weight excluding hydrogens is 136 g/mol. The van der Waals surface area contributed by atoms with Gasteiger partial charge in [-0.05, 0) is 32.5 Å². The highest BCUT2D eigenvalue weighted by Gasteiger charge is 2.16. The predicted molar refractivity (Wildman–Crippen MR) is 48.8 cm³/mol. The van der Waals surface area contributed by atoms with Crippen LogP contribution in [0.4, 0.5) is 0 Å². The summed E-state index contributed by atoms with van der Waals surface area (Å²) in [4.78, 5) is 2.58. The predicted octanol–water partition coefficient (Wildman–Crippen LogP) is 1.08. The average Bonchev–Trinajstić information content (AvgIpc) is 2.27. The molecule has 0 aromatic heterocycles. The van der Waals surface area contributed by atoms with Gasteiger partial charge in [0, 0.05) is 12.6 Å². The van der Waals surface area contributed by atoms with E-state index >= 15 is 0 Å². The molecular formula is C9H20N2. The third-order valence-electron chi connectivity index (χ3n) is 2.57. The van der Waals surface area contributed by atoms with Crippen LogP contribution in [0.3, 0.4) is 0 Å². The molecule has 0 amide bonds. The summed E-state index contributed by atoms with van der Waals surface area (Å²) >= 11 is 0. The average molecular weight is 156 g/mol. The molecule has 0 spiro atoms. The van der Waals surface area contributed by atoms with Crippen molar-refractivity contribution < 1.29 is 0 Å². The maximum Gasteiger partial charge on any atom is 0.0217 e. The molecule has 1 aliphatic rings. The molecule has 11 heavy (non-hydrogen) atoms. The van der Waals surface area contributed by atoms with Crippen molar-refractivity contribution in [1.29, 1.82) is 0 Å². The third-order valence-corrected chi connectivity index (χ3v) is 2.57. The minimum atomic E-state index is 0.780. The van der Waals surface area contributed by atoms with Crippen molar-refractivity contribution in [2.45, 2.75) is 32.7 Å². The van der Waals surface area contributed by atoms with Gasteiger partial charge in [-0.3, -0.25) is 4.90 Å². The zero-order valence-electron chi connectivity index (χ0n) is 7.77. The molecule has 1 saturated heterocycles. The van der Waals surface area contributed by atoms with E-state index in [-0.39, 0.29) is 0 Å². The van der Waals surface area contributed by atoms with Crippen molar-refractivity contribution in [2.24, 2.45) is 0 Å². The van der Waals surface area contributed by atoms with Crippen molar-refractivity contribution in [3.63, 3.8) is 0 Å². The Morgan fingerprint density at radius 2 is 2.27 bits per heavy atom. The van der Waals surface area contributed by atoms with E-state index in [1.807, 2.05) is 0 Å². The lowest BCUT2D eigenvalue weighted by Crippen LogP contribution is -2.38. The summed E-state index contributed by atoms with van der Waals surface area (Å²) in [5.74, 6) is 0. The lowest BCUT2D eigenvalue weighted by atomic mass is 10.2. The molecule has 1 unspecified atom stereocenters. The van der Waals surface area contributed by atoms with E-state index in [2.05, 4.69) is 24.1 Å². The molecule has 2 nitrogen and oxygen atoms in total. The second kappa shape index (κ2) is 4.73. The first-order valence-electron chi connectivity index (χ1n) is 4.83. The molecule has 0 saturated carbocycles. The number of hydrogen-bond donors (Lipinski definition) is 1. The van der Waals surface area contributed by atoms with Gasteiger partial charge in [0.2, 0.25) is 0 Å². The van der Waals surface area contributed by atoms with Crippen LogP contribution < -0.4 is 5.32 Å². The monoisotopic (exact) mass is 156 g/mol. The topological polar surface area (TPSA) is 15.3 Å². The van der Waals surface area contributed by atoms with Crippen LogP contribution in [-0.2, 0) is 0 Å². The summed E-state index contributed by atoms with van der Waals surface area (Å²) in [6.07, 6.45) is 2.59. The van der Waals surface area contributed by atoms with Crippen LogP contribution in [0.15, 0.2) is 0 Å². The molecule has 1 fully saturated rings. The molecule has 66 valence electrons. The Kier molecular flexibility index (Phi) is 3.87. The quantitative estimate of drug-likeness (QED) is 0.643. The van der Waals surface area contributed by atoms with E-state index in [0.29, 0.717) is 0 Å². The van der Waals surface area contributed by atoms with Crippen molar-refractivity contribution in [2.75, 3.05) is 26.2 Å². The second-order valence-electron chi connectivity index (χ2n) is 3.25. The van der Waals surface area contributed by atoms with Crippen molar-refractivity contribution in [3.8, 4) is 0 Å². The molecule has 1 N–H and O–H groups in total. The summed E-state index contributed by atoms with van der Waals surface area (Å²) < 4.78 is 0. The van der Waals surface area contributed by atoms with Gasteiger partial charge in [0.15, 0.2) is 0 Å². The van der Waals surface area contributed by atoms with Crippen LogP contribution in [0.1, 0.15) is 26.7 Å². The minimum Gasteiger partial charge on any atom is -0.315 e. The van der Waals surface area contributed by atoms with Gasteiger partial charge in [-0.1, -0.05) is 13.8 Å². The number of likely N-dealkylation sites (N-methyl/N-ethyl adjacent to an activating group) is 1. The maximum absolute atomic E-state index is 3.47. The van der Waals surface area contributed by atoms with Crippen molar-refractivity contribution in [1.82, 2.24) is 10.2 Å². The van der Waals surface area contributed by atoms with E-state index in [1.165, 1.54) is 39.0 Å². The highest BCUT2D eigenvalue weighted by atomic mass is 15.2. The summed E-state index contributed by atoms with van der Waals surface area (Å²) in [5, 5.41) is 3.47.